The minimum absolute atomic E-state index is 0.120. The lowest BCUT2D eigenvalue weighted by Gasteiger charge is -2.34. The number of hydrogen-bond acceptors (Lipinski definition) is 4. The van der Waals surface area contributed by atoms with Gasteiger partial charge in [-0.05, 0) is 79.9 Å². The first-order valence-electron chi connectivity index (χ1n) is 20.1. The van der Waals surface area contributed by atoms with Gasteiger partial charge < -0.3 is 0 Å². The first kappa shape index (κ1) is 33.4. The standard InChI is InChI=1S/C54H37N3S/c1-54(2)47-19-11-10-18-42(47)43-25-22-35(29-48(43)54)52-55-51(32-12-4-3-5-13-32)56-53(57-52)36-23-27-45-44-26-21-34(30-49(44)58-50(45)31-36)33-20-24-41-39-16-7-6-14-37(39)38-15-8-9-17-40(38)46(41)28-33/h3-31,37,39H,1-2H3. The number of aromatic nitrogens is 3. The Balaban J connectivity index is 0.942. The van der Waals surface area contributed by atoms with Crippen LogP contribution in [0.3, 0.4) is 0 Å². The van der Waals surface area contributed by atoms with E-state index in [1.807, 2.05) is 29.5 Å². The van der Waals surface area contributed by atoms with Gasteiger partial charge in [-0.3, -0.25) is 0 Å². The third-order valence-electron chi connectivity index (χ3n) is 12.7. The second-order valence-corrected chi connectivity index (χ2v) is 17.4. The van der Waals surface area contributed by atoms with Gasteiger partial charge in [0.15, 0.2) is 17.5 Å². The van der Waals surface area contributed by atoms with Crippen LogP contribution in [0, 0.1) is 0 Å². The van der Waals surface area contributed by atoms with E-state index in [0.29, 0.717) is 29.3 Å². The summed E-state index contributed by atoms with van der Waals surface area (Å²) in [5.41, 5.74) is 16.0. The van der Waals surface area contributed by atoms with Crippen molar-refractivity contribution in [3.8, 4) is 67.5 Å². The van der Waals surface area contributed by atoms with Crippen LogP contribution in [0.15, 0.2) is 176 Å². The van der Waals surface area contributed by atoms with Gasteiger partial charge in [-0.15, -0.1) is 11.3 Å². The van der Waals surface area contributed by atoms with E-state index in [2.05, 4.69) is 172 Å². The smallest absolute Gasteiger partial charge is 0.164 e. The zero-order valence-electron chi connectivity index (χ0n) is 32.1. The summed E-state index contributed by atoms with van der Waals surface area (Å²) in [7, 11) is 0. The van der Waals surface area contributed by atoms with Crippen molar-refractivity contribution in [2.45, 2.75) is 31.1 Å². The van der Waals surface area contributed by atoms with E-state index in [-0.39, 0.29) is 5.41 Å². The highest BCUT2D eigenvalue weighted by atomic mass is 32.1. The van der Waals surface area contributed by atoms with Crippen molar-refractivity contribution >= 4 is 31.5 Å². The topological polar surface area (TPSA) is 38.7 Å². The molecule has 3 aliphatic rings. The van der Waals surface area contributed by atoms with Crippen molar-refractivity contribution in [1.29, 1.82) is 0 Å². The summed E-state index contributed by atoms with van der Waals surface area (Å²) in [5, 5.41) is 2.51. The molecule has 12 rings (SSSR count). The molecule has 0 fully saturated rings. The number of rotatable bonds is 4. The monoisotopic (exact) mass is 759 g/mol. The van der Waals surface area contributed by atoms with Gasteiger partial charge in [-0.25, -0.2) is 15.0 Å². The summed E-state index contributed by atoms with van der Waals surface area (Å²) in [4.78, 5) is 15.4. The van der Waals surface area contributed by atoms with E-state index in [9.17, 15) is 0 Å². The Kier molecular flexibility index (Phi) is 7.27. The normalized spacial score (nSPS) is 16.8. The zero-order valence-corrected chi connectivity index (χ0v) is 33.0. The lowest BCUT2D eigenvalue weighted by Crippen LogP contribution is -2.16. The summed E-state index contributed by atoms with van der Waals surface area (Å²) >= 11 is 1.83. The van der Waals surface area contributed by atoms with Gasteiger partial charge in [-0.2, -0.15) is 0 Å². The van der Waals surface area contributed by atoms with Crippen molar-refractivity contribution in [3.05, 3.63) is 198 Å². The molecule has 0 spiro atoms. The lowest BCUT2D eigenvalue weighted by atomic mass is 9.69. The van der Waals surface area contributed by atoms with Crippen LogP contribution in [0.25, 0.3) is 87.7 Å². The number of nitrogens with zero attached hydrogens (tertiary/aromatic N) is 3. The molecule has 274 valence electrons. The molecule has 2 heterocycles. The van der Waals surface area contributed by atoms with Crippen LogP contribution >= 0.6 is 11.3 Å². The first-order valence-corrected chi connectivity index (χ1v) is 20.9. The van der Waals surface area contributed by atoms with Gasteiger partial charge in [0.25, 0.3) is 0 Å². The fraction of sp³-hybridized carbons (Fsp3) is 0.0926. The predicted octanol–water partition coefficient (Wildman–Crippen LogP) is 14.2. The molecule has 58 heavy (non-hydrogen) atoms. The van der Waals surface area contributed by atoms with Gasteiger partial charge in [0, 0.05) is 54.1 Å². The molecule has 0 amide bonds. The second kappa shape index (κ2) is 12.6. The maximum atomic E-state index is 5.19. The largest absolute Gasteiger partial charge is 0.208 e. The highest BCUT2D eigenvalue weighted by Crippen LogP contribution is 2.51. The van der Waals surface area contributed by atoms with E-state index in [1.54, 1.807) is 0 Å². The van der Waals surface area contributed by atoms with Crippen molar-refractivity contribution < 1.29 is 0 Å². The van der Waals surface area contributed by atoms with Crippen LogP contribution in [0.5, 0.6) is 0 Å². The van der Waals surface area contributed by atoms with Crippen LogP contribution in [-0.2, 0) is 5.41 Å². The van der Waals surface area contributed by atoms with Gasteiger partial charge in [-0.1, -0.05) is 166 Å². The molecule has 0 saturated heterocycles. The Bertz CT molecular complexity index is 3220. The Labute approximate surface area is 341 Å². The Morgan fingerprint density at radius 3 is 1.71 bits per heavy atom. The highest BCUT2D eigenvalue weighted by molar-refractivity contribution is 7.25. The molecule has 0 N–H and O–H groups in total. The van der Waals surface area contributed by atoms with E-state index >= 15 is 0 Å². The van der Waals surface area contributed by atoms with Crippen LogP contribution in [0.2, 0.25) is 0 Å². The molecule has 4 heteroatoms. The zero-order chi connectivity index (χ0) is 38.5. The third-order valence-corrected chi connectivity index (χ3v) is 13.8. The Morgan fingerprint density at radius 1 is 0.414 bits per heavy atom. The number of benzene rings is 7. The number of allylic oxidation sites excluding steroid dienone is 4. The molecular formula is C54H37N3S. The van der Waals surface area contributed by atoms with E-state index < -0.39 is 0 Å². The van der Waals surface area contributed by atoms with Crippen molar-refractivity contribution in [2.24, 2.45) is 0 Å². The van der Waals surface area contributed by atoms with Gasteiger partial charge >= 0.3 is 0 Å². The summed E-state index contributed by atoms with van der Waals surface area (Å²) < 4.78 is 2.48. The number of fused-ring (bicyclic) bond motifs is 12. The summed E-state index contributed by atoms with van der Waals surface area (Å²) in [6.45, 7) is 4.62. The van der Waals surface area contributed by atoms with Crippen molar-refractivity contribution in [1.82, 2.24) is 15.0 Å². The molecule has 2 atom stereocenters. The van der Waals surface area contributed by atoms with E-state index in [4.69, 9.17) is 15.0 Å². The summed E-state index contributed by atoms with van der Waals surface area (Å²) in [5.74, 6) is 2.78. The average Bonchev–Trinajstić information content (AvgIpc) is 3.76. The molecule has 9 aromatic rings. The first-order chi connectivity index (χ1) is 28.5. The molecule has 2 aromatic heterocycles. The highest BCUT2D eigenvalue weighted by Gasteiger charge is 2.36. The van der Waals surface area contributed by atoms with Crippen LogP contribution in [0.1, 0.15) is 47.9 Å². The SMILES string of the molecule is CC1(C)c2ccccc2-c2ccc(-c3nc(-c4ccccc4)nc(-c4ccc5c(c4)sc4cc(-c6ccc7c(c6)-c6ccccc6C6C=CC=CC76)ccc45)n3)cc21. The summed E-state index contributed by atoms with van der Waals surface area (Å²) in [6, 6.07) is 55.3. The quantitative estimate of drug-likeness (QED) is 0.179. The van der Waals surface area contributed by atoms with Gasteiger partial charge in [0.1, 0.15) is 0 Å². The van der Waals surface area contributed by atoms with Crippen molar-refractivity contribution in [2.75, 3.05) is 0 Å². The molecule has 2 unspecified atom stereocenters. The maximum absolute atomic E-state index is 5.19. The van der Waals surface area contributed by atoms with E-state index in [0.717, 1.165) is 16.7 Å². The third kappa shape index (κ3) is 5.08. The van der Waals surface area contributed by atoms with Crippen LogP contribution in [0.4, 0.5) is 0 Å². The minimum Gasteiger partial charge on any atom is -0.208 e. The molecule has 3 aliphatic carbocycles. The minimum atomic E-state index is -0.120. The maximum Gasteiger partial charge on any atom is 0.164 e. The Morgan fingerprint density at radius 2 is 0.948 bits per heavy atom. The molecule has 0 bridgehead atoms. The molecule has 0 radical (unpaired) electrons. The number of hydrogen-bond donors (Lipinski definition) is 0. The molecule has 7 aromatic carbocycles. The fourth-order valence-electron chi connectivity index (χ4n) is 9.78. The molecular weight excluding hydrogens is 723 g/mol. The van der Waals surface area contributed by atoms with Gasteiger partial charge in [0.2, 0.25) is 0 Å². The van der Waals surface area contributed by atoms with E-state index in [1.165, 1.54) is 75.8 Å². The van der Waals surface area contributed by atoms with Crippen LogP contribution in [-0.4, -0.2) is 15.0 Å². The van der Waals surface area contributed by atoms with Crippen LogP contribution < -0.4 is 0 Å². The second-order valence-electron chi connectivity index (χ2n) is 16.3. The molecule has 0 saturated carbocycles. The predicted molar refractivity (Wildman–Crippen MR) is 241 cm³/mol. The van der Waals surface area contributed by atoms with Gasteiger partial charge in [0.05, 0.1) is 0 Å². The van der Waals surface area contributed by atoms with Crippen molar-refractivity contribution in [3.63, 3.8) is 0 Å². The average molecular weight is 760 g/mol. The summed E-state index contributed by atoms with van der Waals surface area (Å²) in [6.07, 6.45) is 9.11. The molecule has 3 nitrogen and oxygen atoms in total. The lowest BCUT2D eigenvalue weighted by molar-refractivity contribution is 0.660. The Hall–Kier alpha value is -6.75. The molecule has 0 aliphatic heterocycles. The fourth-order valence-corrected chi connectivity index (χ4v) is 11.0. The number of thiophene rings is 1.